The van der Waals surface area contributed by atoms with Crippen LogP contribution in [0.4, 0.5) is 5.69 Å². The van der Waals surface area contributed by atoms with Crippen LogP contribution in [0, 0.1) is 0 Å². The fraction of sp³-hybridized carbons (Fsp3) is 0.278. The number of piperidine rings is 1. The molecule has 1 fully saturated rings. The van der Waals surface area contributed by atoms with Crippen LogP contribution in [0.25, 0.3) is 11.6 Å². The molecule has 0 amide bonds. The highest BCUT2D eigenvalue weighted by Gasteiger charge is 2.14. The van der Waals surface area contributed by atoms with Crippen molar-refractivity contribution in [3.05, 3.63) is 51.2 Å². The van der Waals surface area contributed by atoms with Gasteiger partial charge in [0.05, 0.1) is 9.91 Å². The number of anilines is 1. The molecule has 1 aliphatic heterocycles. The van der Waals surface area contributed by atoms with Gasteiger partial charge in [-0.25, -0.2) is 4.79 Å². The summed E-state index contributed by atoms with van der Waals surface area (Å²) in [5, 5.41) is 9.44. The summed E-state index contributed by atoms with van der Waals surface area (Å²) in [5.74, 6) is -0.941. The maximum atomic E-state index is 11.5. The molecule has 2 aromatic rings. The highest BCUT2D eigenvalue weighted by molar-refractivity contribution is 7.17. The van der Waals surface area contributed by atoms with Crippen LogP contribution in [0.3, 0.4) is 0 Å². The van der Waals surface area contributed by atoms with Gasteiger partial charge in [0.2, 0.25) is 0 Å². The van der Waals surface area contributed by atoms with E-state index in [-0.39, 0.29) is 5.57 Å². The van der Waals surface area contributed by atoms with E-state index in [0.29, 0.717) is 9.21 Å². The fourth-order valence-electron chi connectivity index (χ4n) is 2.80. The van der Waals surface area contributed by atoms with E-state index in [1.54, 1.807) is 18.2 Å². The molecule has 0 saturated carbocycles. The van der Waals surface area contributed by atoms with Crippen molar-refractivity contribution in [1.29, 1.82) is 0 Å². The van der Waals surface area contributed by atoms with E-state index in [1.165, 1.54) is 36.3 Å². The summed E-state index contributed by atoms with van der Waals surface area (Å²) < 4.78 is 0.590. The normalized spacial score (nSPS) is 15.7. The number of halogens is 1. The second-order valence-electron chi connectivity index (χ2n) is 5.61. The van der Waals surface area contributed by atoms with Crippen LogP contribution < -0.4 is 4.90 Å². The first kappa shape index (κ1) is 16.1. The number of aliphatic carboxylic acids is 1. The summed E-state index contributed by atoms with van der Waals surface area (Å²) in [4.78, 5) is 14.6. The van der Waals surface area contributed by atoms with Crippen LogP contribution in [-0.4, -0.2) is 24.2 Å². The SMILES string of the molecule is O=C(O)/C(=C\c1ccc(N2CCCCC2)cc1)c1ccc(Cl)s1. The Bertz CT molecular complexity index is 715. The van der Waals surface area contributed by atoms with Crippen molar-refractivity contribution in [1.82, 2.24) is 0 Å². The lowest BCUT2D eigenvalue weighted by molar-refractivity contribution is -0.130. The Morgan fingerprint density at radius 1 is 1.09 bits per heavy atom. The van der Waals surface area contributed by atoms with Gasteiger partial charge < -0.3 is 10.0 Å². The first-order valence-electron chi connectivity index (χ1n) is 7.69. The first-order valence-corrected chi connectivity index (χ1v) is 8.88. The Labute approximate surface area is 144 Å². The zero-order valence-electron chi connectivity index (χ0n) is 12.7. The molecule has 1 N–H and O–H groups in total. The zero-order valence-corrected chi connectivity index (χ0v) is 14.2. The predicted octanol–water partition coefficient (Wildman–Crippen LogP) is 5.02. The molecule has 23 heavy (non-hydrogen) atoms. The average molecular weight is 348 g/mol. The van der Waals surface area contributed by atoms with E-state index in [1.807, 2.05) is 12.1 Å². The van der Waals surface area contributed by atoms with Gasteiger partial charge in [-0.15, -0.1) is 11.3 Å². The minimum absolute atomic E-state index is 0.271. The molecule has 0 bridgehead atoms. The third-order valence-corrected chi connectivity index (χ3v) is 5.26. The molecule has 3 nitrogen and oxygen atoms in total. The summed E-state index contributed by atoms with van der Waals surface area (Å²) in [6.45, 7) is 2.20. The van der Waals surface area contributed by atoms with Gasteiger partial charge in [0, 0.05) is 23.7 Å². The van der Waals surface area contributed by atoms with Crippen LogP contribution in [0.1, 0.15) is 29.7 Å². The number of carbonyl (C=O) groups is 1. The van der Waals surface area contributed by atoms with E-state index in [4.69, 9.17) is 11.6 Å². The molecule has 5 heteroatoms. The second-order valence-corrected chi connectivity index (χ2v) is 7.32. The van der Waals surface area contributed by atoms with Crippen molar-refractivity contribution >= 4 is 46.2 Å². The van der Waals surface area contributed by atoms with Crippen molar-refractivity contribution in [2.45, 2.75) is 19.3 Å². The number of carboxylic acid groups (broad SMARTS) is 1. The van der Waals surface area contributed by atoms with E-state index in [0.717, 1.165) is 18.7 Å². The number of rotatable bonds is 4. The lowest BCUT2D eigenvalue weighted by Gasteiger charge is -2.28. The third kappa shape index (κ3) is 3.95. The van der Waals surface area contributed by atoms with Crippen LogP contribution in [0.2, 0.25) is 4.34 Å². The lowest BCUT2D eigenvalue weighted by Crippen LogP contribution is -2.29. The molecule has 0 radical (unpaired) electrons. The lowest BCUT2D eigenvalue weighted by atomic mass is 10.1. The van der Waals surface area contributed by atoms with Crippen LogP contribution >= 0.6 is 22.9 Å². The summed E-state index contributed by atoms with van der Waals surface area (Å²) in [7, 11) is 0. The number of nitrogens with zero attached hydrogens (tertiary/aromatic N) is 1. The molecule has 1 saturated heterocycles. The molecule has 0 atom stereocenters. The second kappa shape index (κ2) is 7.20. The smallest absolute Gasteiger partial charge is 0.337 e. The molecular formula is C18H18ClNO2S. The molecule has 0 unspecified atom stereocenters. The van der Waals surface area contributed by atoms with E-state index < -0.39 is 5.97 Å². The van der Waals surface area contributed by atoms with Gasteiger partial charge in [0.15, 0.2) is 0 Å². The maximum Gasteiger partial charge on any atom is 0.337 e. The standard InChI is InChI=1S/C18H18ClNO2S/c19-17-9-8-16(23-17)15(18(21)22)12-13-4-6-14(7-5-13)20-10-2-1-3-11-20/h4-9,12H,1-3,10-11H2,(H,21,22)/b15-12-. The van der Waals surface area contributed by atoms with E-state index in [2.05, 4.69) is 17.0 Å². The van der Waals surface area contributed by atoms with Crippen molar-refractivity contribution in [2.75, 3.05) is 18.0 Å². The predicted molar refractivity (Wildman–Crippen MR) is 97.3 cm³/mol. The number of hydrogen-bond donors (Lipinski definition) is 1. The minimum atomic E-state index is -0.941. The number of thiophene rings is 1. The molecule has 2 heterocycles. The molecule has 1 aliphatic rings. The minimum Gasteiger partial charge on any atom is -0.478 e. The Kier molecular flexibility index (Phi) is 5.03. The topological polar surface area (TPSA) is 40.5 Å². The Balaban J connectivity index is 1.83. The largest absolute Gasteiger partial charge is 0.478 e. The van der Waals surface area contributed by atoms with Gasteiger partial charge >= 0.3 is 5.97 Å². The monoisotopic (exact) mass is 347 g/mol. The van der Waals surface area contributed by atoms with Gasteiger partial charge in [0.25, 0.3) is 0 Å². The summed E-state index contributed by atoms with van der Waals surface area (Å²) in [5.41, 5.74) is 2.36. The quantitative estimate of drug-likeness (QED) is 0.790. The Morgan fingerprint density at radius 3 is 2.35 bits per heavy atom. The van der Waals surface area contributed by atoms with Gasteiger partial charge in [-0.2, -0.15) is 0 Å². The molecule has 0 spiro atoms. The number of hydrogen-bond acceptors (Lipinski definition) is 3. The van der Waals surface area contributed by atoms with Crippen molar-refractivity contribution < 1.29 is 9.90 Å². The Hall–Kier alpha value is -1.78. The van der Waals surface area contributed by atoms with Crippen LogP contribution in [0.15, 0.2) is 36.4 Å². The molecule has 0 aliphatic carbocycles. The number of carboxylic acids is 1. The van der Waals surface area contributed by atoms with Gasteiger partial charge in [-0.1, -0.05) is 23.7 Å². The molecule has 1 aromatic carbocycles. The summed E-state index contributed by atoms with van der Waals surface area (Å²) in [6.07, 6.45) is 5.49. The van der Waals surface area contributed by atoms with Gasteiger partial charge in [0.1, 0.15) is 0 Å². The summed E-state index contributed by atoms with van der Waals surface area (Å²) >= 11 is 7.19. The van der Waals surface area contributed by atoms with Gasteiger partial charge in [-0.05, 0) is 55.2 Å². The maximum absolute atomic E-state index is 11.5. The summed E-state index contributed by atoms with van der Waals surface area (Å²) in [6, 6.07) is 11.5. The number of benzene rings is 1. The van der Waals surface area contributed by atoms with Crippen molar-refractivity contribution in [3.63, 3.8) is 0 Å². The van der Waals surface area contributed by atoms with E-state index >= 15 is 0 Å². The molecule has 1 aromatic heterocycles. The van der Waals surface area contributed by atoms with Crippen LogP contribution in [-0.2, 0) is 4.79 Å². The average Bonchev–Trinajstić information content (AvgIpc) is 3.00. The molecule has 3 rings (SSSR count). The molecular weight excluding hydrogens is 330 g/mol. The highest BCUT2D eigenvalue weighted by atomic mass is 35.5. The van der Waals surface area contributed by atoms with Crippen LogP contribution in [0.5, 0.6) is 0 Å². The van der Waals surface area contributed by atoms with Gasteiger partial charge in [-0.3, -0.25) is 0 Å². The van der Waals surface area contributed by atoms with Crippen molar-refractivity contribution in [2.24, 2.45) is 0 Å². The van der Waals surface area contributed by atoms with Crippen molar-refractivity contribution in [3.8, 4) is 0 Å². The highest BCUT2D eigenvalue weighted by Crippen LogP contribution is 2.29. The Morgan fingerprint density at radius 2 is 1.78 bits per heavy atom. The first-order chi connectivity index (χ1) is 11.1. The molecule has 120 valence electrons. The zero-order chi connectivity index (χ0) is 16.2. The fourth-order valence-corrected chi connectivity index (χ4v) is 3.85. The van der Waals surface area contributed by atoms with E-state index in [9.17, 15) is 9.90 Å². The third-order valence-electron chi connectivity index (χ3n) is 3.99.